The molecule has 2 aromatic rings. The lowest BCUT2D eigenvalue weighted by molar-refractivity contribution is -0.385. The molecule has 136 valence electrons. The van der Waals surface area contributed by atoms with E-state index < -0.39 is 4.92 Å². The van der Waals surface area contributed by atoms with Crippen LogP contribution in [0.25, 0.3) is 0 Å². The molecule has 1 amide bonds. The van der Waals surface area contributed by atoms with Crippen molar-refractivity contribution in [3.05, 3.63) is 69.3 Å². The molecule has 1 aliphatic heterocycles. The van der Waals surface area contributed by atoms with Gasteiger partial charge in [0, 0.05) is 12.1 Å². The quantitative estimate of drug-likeness (QED) is 0.651. The Kier molecular flexibility index (Phi) is 5.32. The molecule has 26 heavy (non-hydrogen) atoms. The van der Waals surface area contributed by atoms with Gasteiger partial charge in [-0.15, -0.1) is 0 Å². The van der Waals surface area contributed by atoms with Gasteiger partial charge in [0.2, 0.25) is 5.91 Å². The van der Waals surface area contributed by atoms with E-state index in [1.807, 2.05) is 12.1 Å². The van der Waals surface area contributed by atoms with Crippen molar-refractivity contribution in [2.24, 2.45) is 0 Å². The zero-order valence-corrected chi connectivity index (χ0v) is 15.1. The zero-order chi connectivity index (χ0) is 18.7. The highest BCUT2D eigenvalue weighted by molar-refractivity contribution is 5.93. The third-order valence-electron chi connectivity index (χ3n) is 5.03. The van der Waals surface area contributed by atoms with Crippen LogP contribution in [-0.4, -0.2) is 28.8 Å². The van der Waals surface area contributed by atoms with Crippen molar-refractivity contribution in [2.45, 2.75) is 32.7 Å². The molecule has 0 bridgehead atoms. The third kappa shape index (κ3) is 3.75. The minimum atomic E-state index is -0.431. The van der Waals surface area contributed by atoms with Gasteiger partial charge in [0.05, 0.1) is 22.7 Å². The van der Waals surface area contributed by atoms with Gasteiger partial charge in [0.15, 0.2) is 0 Å². The number of aryl methyl sites for hydroxylation is 1. The van der Waals surface area contributed by atoms with Gasteiger partial charge in [0.25, 0.3) is 5.69 Å². The van der Waals surface area contributed by atoms with E-state index in [9.17, 15) is 14.9 Å². The Hall–Kier alpha value is -2.73. The average molecular weight is 353 g/mol. The van der Waals surface area contributed by atoms with E-state index in [4.69, 9.17) is 0 Å². The monoisotopic (exact) mass is 353 g/mol. The van der Waals surface area contributed by atoms with Gasteiger partial charge in [-0.1, -0.05) is 30.3 Å². The first-order chi connectivity index (χ1) is 12.5. The summed E-state index contributed by atoms with van der Waals surface area (Å²) in [7, 11) is 0. The van der Waals surface area contributed by atoms with Crippen LogP contribution >= 0.6 is 0 Å². The molecule has 1 atom stereocenters. The highest BCUT2D eigenvalue weighted by Crippen LogP contribution is 2.33. The summed E-state index contributed by atoms with van der Waals surface area (Å²) >= 11 is 0. The van der Waals surface area contributed by atoms with Crippen LogP contribution in [0, 0.1) is 24.0 Å². The van der Waals surface area contributed by atoms with Crippen molar-refractivity contribution >= 4 is 17.3 Å². The van der Waals surface area contributed by atoms with Crippen molar-refractivity contribution in [2.75, 3.05) is 18.4 Å². The van der Waals surface area contributed by atoms with E-state index in [2.05, 4.69) is 29.3 Å². The topological polar surface area (TPSA) is 75.5 Å². The molecule has 3 rings (SSSR count). The number of nitrogens with zero attached hydrogens (tertiary/aromatic N) is 2. The maximum atomic E-state index is 12.5. The summed E-state index contributed by atoms with van der Waals surface area (Å²) in [5.41, 5.74) is 3.49. The summed E-state index contributed by atoms with van der Waals surface area (Å²) in [6, 6.07) is 13.3. The Morgan fingerprint density at radius 1 is 1.23 bits per heavy atom. The second-order valence-electron chi connectivity index (χ2n) is 6.74. The number of carbonyl (C=O) groups is 1. The highest BCUT2D eigenvalue weighted by Gasteiger charge is 2.28. The summed E-state index contributed by atoms with van der Waals surface area (Å²) in [5, 5.41) is 13.9. The van der Waals surface area contributed by atoms with Gasteiger partial charge in [-0.3, -0.25) is 19.8 Å². The van der Waals surface area contributed by atoms with Crippen LogP contribution in [0.1, 0.15) is 35.6 Å². The molecule has 1 N–H and O–H groups in total. The number of nitro groups is 1. The number of nitro benzene ring substituents is 1. The Morgan fingerprint density at radius 3 is 2.73 bits per heavy atom. The molecule has 1 aliphatic rings. The van der Waals surface area contributed by atoms with Crippen LogP contribution in [0.5, 0.6) is 0 Å². The highest BCUT2D eigenvalue weighted by atomic mass is 16.6. The summed E-state index contributed by atoms with van der Waals surface area (Å²) < 4.78 is 0. The SMILES string of the molecule is Cc1ccccc1C1CCCN1CC(=O)Nc1cccc([N+](=O)[O-])c1C. The predicted molar refractivity (Wildman–Crippen MR) is 101 cm³/mol. The smallest absolute Gasteiger partial charge is 0.274 e. The number of anilines is 1. The van der Waals surface area contributed by atoms with E-state index in [0.29, 0.717) is 11.3 Å². The molecule has 0 spiro atoms. The lowest BCUT2D eigenvalue weighted by atomic mass is 9.99. The van der Waals surface area contributed by atoms with Crippen LogP contribution in [0.2, 0.25) is 0 Å². The number of carbonyl (C=O) groups excluding carboxylic acids is 1. The zero-order valence-electron chi connectivity index (χ0n) is 15.1. The second-order valence-corrected chi connectivity index (χ2v) is 6.74. The molecule has 1 fully saturated rings. The fraction of sp³-hybridized carbons (Fsp3) is 0.350. The predicted octanol–water partition coefficient (Wildman–Crippen LogP) is 3.99. The Labute approximate surface area is 153 Å². The molecule has 0 saturated carbocycles. The van der Waals surface area contributed by atoms with Gasteiger partial charge < -0.3 is 5.32 Å². The van der Waals surface area contributed by atoms with Crippen LogP contribution in [0.3, 0.4) is 0 Å². The number of likely N-dealkylation sites (tertiary alicyclic amines) is 1. The fourth-order valence-electron chi connectivity index (χ4n) is 3.66. The first-order valence-corrected chi connectivity index (χ1v) is 8.81. The molecule has 6 nitrogen and oxygen atoms in total. The first kappa shape index (κ1) is 18.1. The normalized spacial score (nSPS) is 17.2. The Bertz CT molecular complexity index is 835. The summed E-state index contributed by atoms with van der Waals surface area (Å²) in [6.07, 6.45) is 2.09. The number of hydrogen-bond donors (Lipinski definition) is 1. The molecule has 1 unspecified atom stereocenters. The van der Waals surface area contributed by atoms with Gasteiger partial charge in [-0.25, -0.2) is 0 Å². The molecule has 0 aliphatic carbocycles. The second kappa shape index (κ2) is 7.66. The molecule has 0 aromatic heterocycles. The van der Waals surface area contributed by atoms with Crippen molar-refractivity contribution in [1.82, 2.24) is 4.90 Å². The minimum absolute atomic E-state index is 0.0155. The number of rotatable bonds is 5. The summed E-state index contributed by atoms with van der Waals surface area (Å²) in [5.74, 6) is -0.144. The van der Waals surface area contributed by atoms with Gasteiger partial charge in [-0.2, -0.15) is 0 Å². The first-order valence-electron chi connectivity index (χ1n) is 8.81. The van der Waals surface area contributed by atoms with E-state index in [0.717, 1.165) is 19.4 Å². The number of hydrogen-bond acceptors (Lipinski definition) is 4. The molecule has 6 heteroatoms. The lowest BCUT2D eigenvalue weighted by Gasteiger charge is -2.25. The fourth-order valence-corrected chi connectivity index (χ4v) is 3.66. The van der Waals surface area contributed by atoms with Gasteiger partial charge >= 0.3 is 0 Å². The molecular weight excluding hydrogens is 330 g/mol. The molecule has 0 radical (unpaired) electrons. The van der Waals surface area contributed by atoms with Crippen LogP contribution < -0.4 is 5.32 Å². The minimum Gasteiger partial charge on any atom is -0.324 e. The van der Waals surface area contributed by atoms with Crippen molar-refractivity contribution < 1.29 is 9.72 Å². The number of benzene rings is 2. The summed E-state index contributed by atoms with van der Waals surface area (Å²) in [4.78, 5) is 25.3. The lowest BCUT2D eigenvalue weighted by Crippen LogP contribution is -2.33. The Balaban J connectivity index is 1.71. The van der Waals surface area contributed by atoms with E-state index in [-0.39, 0.29) is 24.2 Å². The number of nitrogens with one attached hydrogen (secondary N) is 1. The van der Waals surface area contributed by atoms with E-state index in [1.54, 1.807) is 19.1 Å². The largest absolute Gasteiger partial charge is 0.324 e. The van der Waals surface area contributed by atoms with E-state index in [1.165, 1.54) is 17.2 Å². The van der Waals surface area contributed by atoms with Crippen molar-refractivity contribution in [3.63, 3.8) is 0 Å². The maximum Gasteiger partial charge on any atom is 0.274 e. The molecule has 1 heterocycles. The number of amides is 1. The van der Waals surface area contributed by atoms with E-state index >= 15 is 0 Å². The molecule has 2 aromatic carbocycles. The van der Waals surface area contributed by atoms with Crippen molar-refractivity contribution in [1.29, 1.82) is 0 Å². The summed E-state index contributed by atoms with van der Waals surface area (Å²) in [6.45, 7) is 4.90. The van der Waals surface area contributed by atoms with Crippen LogP contribution in [-0.2, 0) is 4.79 Å². The maximum absolute atomic E-state index is 12.5. The van der Waals surface area contributed by atoms with Crippen molar-refractivity contribution in [3.8, 4) is 0 Å². The standard InChI is InChI=1S/C20H23N3O3/c1-14-7-3-4-8-16(14)19-11-6-12-22(19)13-20(24)21-17-9-5-10-18(15(17)2)23(25)26/h3-5,7-10,19H,6,11-13H2,1-2H3,(H,21,24). The molecule has 1 saturated heterocycles. The third-order valence-corrected chi connectivity index (χ3v) is 5.03. The van der Waals surface area contributed by atoms with Crippen LogP contribution in [0.15, 0.2) is 42.5 Å². The van der Waals surface area contributed by atoms with Gasteiger partial charge in [-0.05, 0) is 50.4 Å². The average Bonchev–Trinajstić information content (AvgIpc) is 3.04. The van der Waals surface area contributed by atoms with Gasteiger partial charge in [0.1, 0.15) is 0 Å². The Morgan fingerprint density at radius 2 is 2.00 bits per heavy atom. The molecular formula is C20H23N3O3. The van der Waals surface area contributed by atoms with Crippen LogP contribution in [0.4, 0.5) is 11.4 Å².